The first-order chi connectivity index (χ1) is 6.11. The van der Waals surface area contributed by atoms with Crippen LogP contribution in [0.2, 0.25) is 0 Å². The average molecular weight is 300 g/mol. The molecule has 13 heavy (non-hydrogen) atoms. The maximum Gasteiger partial charge on any atom is 0.508 e. The molecule has 0 saturated carbocycles. The number of ether oxygens (including phenoxy) is 2. The van der Waals surface area contributed by atoms with Gasteiger partial charge >= 0.3 is 12.1 Å². The van der Waals surface area contributed by atoms with Crippen molar-refractivity contribution in [3.8, 4) is 0 Å². The summed E-state index contributed by atoms with van der Waals surface area (Å²) in [5.41, 5.74) is 0. The largest absolute Gasteiger partial charge is 0.508 e. The minimum atomic E-state index is -0.966. The van der Waals surface area contributed by atoms with Crippen LogP contribution < -0.4 is 0 Å². The van der Waals surface area contributed by atoms with Gasteiger partial charge in [-0.3, -0.25) is 4.79 Å². The molecule has 1 fully saturated rings. The van der Waals surface area contributed by atoms with E-state index in [4.69, 9.17) is 9.84 Å². The van der Waals surface area contributed by atoms with Crippen molar-refractivity contribution >= 4 is 34.7 Å². The maximum absolute atomic E-state index is 10.8. The fraction of sp³-hybridized carbons (Fsp3) is 0.714. The average Bonchev–Trinajstić information content (AvgIpc) is 2.01. The number of hydrogen-bond acceptors (Lipinski definition) is 4. The van der Waals surface area contributed by atoms with Gasteiger partial charge in [0.15, 0.2) is 0 Å². The van der Waals surface area contributed by atoms with Gasteiger partial charge in [-0.1, -0.05) is 22.6 Å². The highest BCUT2D eigenvalue weighted by Gasteiger charge is 2.30. The van der Waals surface area contributed by atoms with Crippen LogP contribution in [-0.2, 0) is 14.3 Å². The van der Waals surface area contributed by atoms with Crippen molar-refractivity contribution in [2.75, 3.05) is 4.43 Å². The third-order valence-corrected chi connectivity index (χ3v) is 2.61. The highest BCUT2D eigenvalue weighted by Crippen LogP contribution is 2.19. The second-order valence-corrected chi connectivity index (χ2v) is 3.60. The molecule has 0 aromatic heterocycles. The summed E-state index contributed by atoms with van der Waals surface area (Å²) >= 11 is 2.08. The van der Waals surface area contributed by atoms with E-state index in [9.17, 15) is 9.59 Å². The smallest absolute Gasteiger partial charge is 0.481 e. The lowest BCUT2D eigenvalue weighted by molar-refractivity contribution is -0.141. The summed E-state index contributed by atoms with van der Waals surface area (Å²) in [7, 11) is 0. The van der Waals surface area contributed by atoms with Crippen LogP contribution in [0.4, 0.5) is 4.79 Å². The molecule has 1 aliphatic heterocycles. The van der Waals surface area contributed by atoms with Gasteiger partial charge in [0.1, 0.15) is 12.2 Å². The molecule has 1 saturated heterocycles. The Hall–Kier alpha value is -0.530. The van der Waals surface area contributed by atoms with E-state index in [2.05, 4.69) is 27.3 Å². The molecule has 0 aromatic rings. The molecule has 0 aliphatic carbocycles. The third kappa shape index (κ3) is 3.37. The number of carboxylic acid groups (broad SMARTS) is 1. The van der Waals surface area contributed by atoms with Crippen LogP contribution in [0.1, 0.15) is 12.8 Å². The number of carboxylic acids is 1. The number of carbonyl (C=O) groups is 2. The summed E-state index contributed by atoms with van der Waals surface area (Å²) in [5, 5.41) is 8.48. The van der Waals surface area contributed by atoms with E-state index in [0.717, 1.165) is 0 Å². The number of hydrogen-bond donors (Lipinski definition) is 1. The van der Waals surface area contributed by atoms with Crippen molar-refractivity contribution < 1.29 is 24.2 Å². The molecule has 1 N–H and O–H groups in total. The van der Waals surface area contributed by atoms with Crippen LogP contribution in [0.3, 0.4) is 0 Å². The number of rotatable bonds is 3. The van der Waals surface area contributed by atoms with Gasteiger partial charge in [0, 0.05) is 10.8 Å². The van der Waals surface area contributed by atoms with Gasteiger partial charge in [-0.25, -0.2) is 4.79 Å². The van der Waals surface area contributed by atoms with E-state index in [0.29, 0.717) is 10.8 Å². The minimum absolute atomic E-state index is 0.151. The molecular weight excluding hydrogens is 291 g/mol. The Morgan fingerprint density at radius 3 is 2.69 bits per heavy atom. The van der Waals surface area contributed by atoms with Crippen molar-refractivity contribution in [3.05, 3.63) is 0 Å². The zero-order valence-electron chi connectivity index (χ0n) is 6.73. The predicted octanol–water partition coefficient (Wildman–Crippen LogP) is 1.19. The van der Waals surface area contributed by atoms with Crippen molar-refractivity contribution in [1.29, 1.82) is 0 Å². The van der Waals surface area contributed by atoms with Gasteiger partial charge in [0.25, 0.3) is 0 Å². The van der Waals surface area contributed by atoms with Crippen molar-refractivity contribution in [3.63, 3.8) is 0 Å². The lowest BCUT2D eigenvalue weighted by atomic mass is 10.1. The molecule has 5 nitrogen and oxygen atoms in total. The Morgan fingerprint density at radius 2 is 2.15 bits per heavy atom. The molecule has 0 aromatic carbocycles. The molecule has 0 bridgehead atoms. The van der Waals surface area contributed by atoms with Gasteiger partial charge in [-0.2, -0.15) is 0 Å². The number of halogens is 1. The molecule has 74 valence electrons. The second kappa shape index (κ2) is 4.64. The molecule has 0 radical (unpaired) electrons. The summed E-state index contributed by atoms with van der Waals surface area (Å²) < 4.78 is 10.1. The minimum Gasteiger partial charge on any atom is -0.481 e. The Kier molecular flexibility index (Phi) is 3.76. The van der Waals surface area contributed by atoms with Crippen LogP contribution in [0.5, 0.6) is 0 Å². The third-order valence-electron chi connectivity index (χ3n) is 1.63. The van der Waals surface area contributed by atoms with Crippen LogP contribution >= 0.6 is 22.6 Å². The molecule has 1 heterocycles. The number of aliphatic carboxylic acids is 1. The Balaban J connectivity index is 2.47. The molecule has 6 heteroatoms. The van der Waals surface area contributed by atoms with Gasteiger partial charge in [0.2, 0.25) is 0 Å². The molecule has 2 unspecified atom stereocenters. The highest BCUT2D eigenvalue weighted by molar-refractivity contribution is 14.1. The van der Waals surface area contributed by atoms with E-state index >= 15 is 0 Å². The Labute approximate surface area is 88.5 Å². The maximum atomic E-state index is 10.8. The summed E-state index contributed by atoms with van der Waals surface area (Å²) in [6, 6.07) is 0. The fourth-order valence-electron chi connectivity index (χ4n) is 1.10. The quantitative estimate of drug-likeness (QED) is 0.481. The SMILES string of the molecule is O=C(O)CC1CC(CI)OC(=O)O1. The topological polar surface area (TPSA) is 72.8 Å². The summed E-state index contributed by atoms with van der Waals surface area (Å²) in [6.45, 7) is 0. The second-order valence-electron chi connectivity index (χ2n) is 2.72. The van der Waals surface area contributed by atoms with E-state index < -0.39 is 18.2 Å². The first-order valence-corrected chi connectivity index (χ1v) is 5.29. The van der Waals surface area contributed by atoms with Crippen LogP contribution in [0, 0.1) is 0 Å². The van der Waals surface area contributed by atoms with Crippen molar-refractivity contribution in [2.45, 2.75) is 25.0 Å². The van der Waals surface area contributed by atoms with Gasteiger partial charge in [-0.15, -0.1) is 0 Å². The van der Waals surface area contributed by atoms with E-state index in [-0.39, 0.29) is 12.5 Å². The van der Waals surface area contributed by atoms with Gasteiger partial charge in [0.05, 0.1) is 6.42 Å². The molecular formula is C7H9IO5. The monoisotopic (exact) mass is 300 g/mol. The van der Waals surface area contributed by atoms with Crippen molar-refractivity contribution in [2.24, 2.45) is 0 Å². The fourth-order valence-corrected chi connectivity index (χ4v) is 1.64. The number of carbonyl (C=O) groups excluding carboxylic acids is 1. The first-order valence-electron chi connectivity index (χ1n) is 3.77. The van der Waals surface area contributed by atoms with E-state index in [1.165, 1.54) is 0 Å². The predicted molar refractivity (Wildman–Crippen MR) is 50.9 cm³/mol. The molecule has 0 amide bonds. The van der Waals surface area contributed by atoms with Crippen LogP contribution in [0.15, 0.2) is 0 Å². The Morgan fingerprint density at radius 1 is 1.54 bits per heavy atom. The summed E-state index contributed by atoms with van der Waals surface area (Å²) in [5.74, 6) is -0.966. The summed E-state index contributed by atoms with van der Waals surface area (Å²) in [6.07, 6.45) is -1.22. The molecule has 0 spiro atoms. The highest BCUT2D eigenvalue weighted by atomic mass is 127. The van der Waals surface area contributed by atoms with E-state index in [1.807, 2.05) is 0 Å². The number of cyclic esters (lactones) is 2. The van der Waals surface area contributed by atoms with E-state index in [1.54, 1.807) is 0 Å². The first kappa shape index (κ1) is 10.6. The zero-order valence-corrected chi connectivity index (χ0v) is 8.89. The van der Waals surface area contributed by atoms with Crippen LogP contribution in [0.25, 0.3) is 0 Å². The summed E-state index contributed by atoms with van der Waals surface area (Å²) in [4.78, 5) is 21.1. The zero-order chi connectivity index (χ0) is 9.84. The number of alkyl halides is 1. The lowest BCUT2D eigenvalue weighted by Crippen LogP contribution is -2.36. The Bertz CT molecular complexity index is 215. The molecule has 2 atom stereocenters. The lowest BCUT2D eigenvalue weighted by Gasteiger charge is -2.26. The standard InChI is InChI=1S/C7H9IO5/c8-3-5-1-4(2-6(9)10)12-7(11)13-5/h4-5H,1-3H2,(H,9,10). The van der Waals surface area contributed by atoms with Crippen LogP contribution in [-0.4, -0.2) is 33.9 Å². The van der Waals surface area contributed by atoms with Crippen molar-refractivity contribution in [1.82, 2.24) is 0 Å². The van der Waals surface area contributed by atoms with Gasteiger partial charge < -0.3 is 14.6 Å². The molecule has 1 rings (SSSR count). The normalized spacial score (nSPS) is 27.6. The van der Waals surface area contributed by atoms with Gasteiger partial charge in [-0.05, 0) is 0 Å². The molecule has 1 aliphatic rings.